The summed E-state index contributed by atoms with van der Waals surface area (Å²) < 4.78 is 6.32. The number of hydrogen-bond acceptors (Lipinski definition) is 4. The molecular formula is C13H12ClN3O3. The molecule has 1 heterocycles. The van der Waals surface area contributed by atoms with E-state index in [2.05, 4.69) is 5.10 Å². The van der Waals surface area contributed by atoms with Crippen molar-refractivity contribution in [1.82, 2.24) is 9.78 Å². The van der Waals surface area contributed by atoms with Gasteiger partial charge in [0, 0.05) is 11.2 Å². The maximum atomic E-state index is 11.0. The molecular weight excluding hydrogens is 282 g/mol. The molecule has 0 atom stereocenters. The molecule has 0 spiro atoms. The van der Waals surface area contributed by atoms with Gasteiger partial charge in [0.1, 0.15) is 5.69 Å². The first-order valence-electron chi connectivity index (χ1n) is 5.74. The van der Waals surface area contributed by atoms with Crippen molar-refractivity contribution >= 4 is 29.6 Å². The Labute approximate surface area is 120 Å². The zero-order valence-electron chi connectivity index (χ0n) is 10.9. The minimum Gasteiger partial charge on any atom is -0.475 e. The van der Waals surface area contributed by atoms with Gasteiger partial charge in [0.25, 0.3) is 0 Å². The van der Waals surface area contributed by atoms with E-state index in [1.807, 2.05) is 12.1 Å². The van der Waals surface area contributed by atoms with E-state index in [0.29, 0.717) is 10.7 Å². The lowest BCUT2D eigenvalue weighted by molar-refractivity contribution is -0.386. The Hall–Kier alpha value is -2.34. The Bertz CT molecular complexity index is 662. The van der Waals surface area contributed by atoms with Crippen molar-refractivity contribution in [1.29, 1.82) is 0 Å². The smallest absolute Gasteiger partial charge is 0.353 e. The number of ether oxygens (including phenoxy) is 1. The van der Waals surface area contributed by atoms with Crippen LogP contribution in [0.15, 0.2) is 24.3 Å². The van der Waals surface area contributed by atoms with Gasteiger partial charge in [-0.2, -0.15) is 0 Å². The molecule has 104 valence electrons. The average molecular weight is 294 g/mol. The second-order valence-electron chi connectivity index (χ2n) is 4.01. The van der Waals surface area contributed by atoms with Crippen LogP contribution in [0.1, 0.15) is 11.3 Å². The number of rotatable bonds is 4. The van der Waals surface area contributed by atoms with Crippen molar-refractivity contribution in [3.05, 3.63) is 50.7 Å². The minimum absolute atomic E-state index is 0.00624. The zero-order chi connectivity index (χ0) is 14.7. The third-order valence-electron chi connectivity index (χ3n) is 2.74. The van der Waals surface area contributed by atoms with Crippen LogP contribution in [0.2, 0.25) is 5.02 Å². The molecule has 1 aromatic carbocycles. The third kappa shape index (κ3) is 2.80. The van der Waals surface area contributed by atoms with E-state index in [4.69, 9.17) is 16.3 Å². The highest BCUT2D eigenvalue weighted by molar-refractivity contribution is 6.30. The predicted octanol–water partition coefficient (Wildman–Crippen LogP) is 3.39. The number of aromatic nitrogens is 2. The molecule has 0 aliphatic carbocycles. The van der Waals surface area contributed by atoms with Crippen LogP contribution in [0.5, 0.6) is 5.88 Å². The van der Waals surface area contributed by atoms with Crippen LogP contribution < -0.4 is 4.74 Å². The molecule has 2 aromatic rings. The Balaban J connectivity index is 2.34. The van der Waals surface area contributed by atoms with Gasteiger partial charge in [-0.1, -0.05) is 23.7 Å². The molecule has 0 aliphatic rings. The van der Waals surface area contributed by atoms with Crippen LogP contribution in [0.25, 0.3) is 12.3 Å². The van der Waals surface area contributed by atoms with E-state index in [0.717, 1.165) is 5.56 Å². The number of benzene rings is 1. The quantitative estimate of drug-likeness (QED) is 0.640. The molecule has 0 saturated heterocycles. The Morgan fingerprint density at radius 2 is 2.05 bits per heavy atom. The van der Waals surface area contributed by atoms with E-state index in [1.165, 1.54) is 11.8 Å². The van der Waals surface area contributed by atoms with Crippen LogP contribution >= 0.6 is 11.6 Å². The largest absolute Gasteiger partial charge is 0.475 e. The summed E-state index contributed by atoms with van der Waals surface area (Å²) >= 11 is 5.80. The average Bonchev–Trinajstić information content (AvgIpc) is 2.74. The van der Waals surface area contributed by atoms with E-state index in [-0.39, 0.29) is 11.6 Å². The lowest BCUT2D eigenvalue weighted by Gasteiger charge is -1.96. The van der Waals surface area contributed by atoms with Crippen LogP contribution in [-0.2, 0) is 0 Å². The summed E-state index contributed by atoms with van der Waals surface area (Å²) in [6.07, 6.45) is 3.41. The summed E-state index contributed by atoms with van der Waals surface area (Å²) in [5, 5.41) is 15.6. The summed E-state index contributed by atoms with van der Waals surface area (Å²) in [7, 11) is 1.35. The van der Waals surface area contributed by atoms with Crippen LogP contribution in [-0.4, -0.2) is 21.8 Å². The molecule has 0 saturated carbocycles. The highest BCUT2D eigenvalue weighted by Gasteiger charge is 2.25. The van der Waals surface area contributed by atoms with Crippen molar-refractivity contribution in [3.63, 3.8) is 0 Å². The molecule has 0 bridgehead atoms. The van der Waals surface area contributed by atoms with Crippen molar-refractivity contribution in [3.8, 4) is 5.88 Å². The second-order valence-corrected chi connectivity index (χ2v) is 4.45. The van der Waals surface area contributed by atoms with Gasteiger partial charge in [0.05, 0.1) is 12.0 Å². The van der Waals surface area contributed by atoms with Crippen molar-refractivity contribution < 1.29 is 9.66 Å². The first-order valence-corrected chi connectivity index (χ1v) is 6.12. The zero-order valence-corrected chi connectivity index (χ0v) is 11.7. The van der Waals surface area contributed by atoms with E-state index >= 15 is 0 Å². The molecule has 0 fully saturated rings. The summed E-state index contributed by atoms with van der Waals surface area (Å²) in [6.45, 7) is 1.61. The van der Waals surface area contributed by atoms with Crippen LogP contribution in [0, 0.1) is 17.0 Å². The summed E-state index contributed by atoms with van der Waals surface area (Å²) in [4.78, 5) is 10.5. The fraction of sp³-hybridized carbons (Fsp3) is 0.154. The normalized spacial score (nSPS) is 10.9. The van der Waals surface area contributed by atoms with Gasteiger partial charge in [-0.15, -0.1) is 5.10 Å². The molecule has 0 unspecified atom stereocenters. The van der Waals surface area contributed by atoms with E-state index < -0.39 is 4.92 Å². The maximum Gasteiger partial charge on any atom is 0.353 e. The number of halogens is 1. The molecule has 0 N–H and O–H groups in total. The minimum atomic E-state index is -0.506. The van der Waals surface area contributed by atoms with Gasteiger partial charge in [-0.25, -0.2) is 4.68 Å². The number of nitrogens with zero attached hydrogens (tertiary/aromatic N) is 3. The van der Waals surface area contributed by atoms with Crippen molar-refractivity contribution in [2.45, 2.75) is 6.92 Å². The monoisotopic (exact) mass is 293 g/mol. The summed E-state index contributed by atoms with van der Waals surface area (Å²) in [5.74, 6) is -0.00624. The molecule has 7 heteroatoms. The molecule has 0 radical (unpaired) electrons. The highest BCUT2D eigenvalue weighted by Crippen LogP contribution is 2.29. The second kappa shape index (κ2) is 5.75. The molecule has 6 nitrogen and oxygen atoms in total. The summed E-state index contributed by atoms with van der Waals surface area (Å²) in [6, 6.07) is 7.20. The van der Waals surface area contributed by atoms with Gasteiger partial charge in [-0.05, 0) is 30.7 Å². The maximum absolute atomic E-state index is 11.0. The van der Waals surface area contributed by atoms with Crippen molar-refractivity contribution in [2.24, 2.45) is 0 Å². The standard InChI is InChI=1S/C13H12ClN3O3/c1-9-12(17(18)19)13(20-2)15-16(9)8-7-10-3-5-11(14)6-4-10/h3-8H,1-2H3/b8-7-. The topological polar surface area (TPSA) is 70.2 Å². The molecule has 2 rings (SSSR count). The Kier molecular flexibility index (Phi) is 4.05. The fourth-order valence-electron chi connectivity index (χ4n) is 1.71. The van der Waals surface area contributed by atoms with E-state index in [1.54, 1.807) is 31.3 Å². The summed E-state index contributed by atoms with van der Waals surface area (Å²) in [5.41, 5.74) is 1.18. The van der Waals surface area contributed by atoms with Crippen molar-refractivity contribution in [2.75, 3.05) is 7.11 Å². The van der Waals surface area contributed by atoms with Crippen LogP contribution in [0.4, 0.5) is 5.69 Å². The van der Waals surface area contributed by atoms with Gasteiger partial charge in [0.2, 0.25) is 0 Å². The lowest BCUT2D eigenvalue weighted by Crippen LogP contribution is -1.94. The Morgan fingerprint density at radius 3 is 2.55 bits per heavy atom. The van der Waals surface area contributed by atoms with Gasteiger partial charge < -0.3 is 4.74 Å². The fourth-order valence-corrected chi connectivity index (χ4v) is 1.83. The molecule has 0 aliphatic heterocycles. The Morgan fingerprint density at radius 1 is 1.40 bits per heavy atom. The lowest BCUT2D eigenvalue weighted by atomic mass is 10.2. The first-order chi connectivity index (χ1) is 9.52. The van der Waals surface area contributed by atoms with Gasteiger partial charge in [-0.3, -0.25) is 10.1 Å². The third-order valence-corrected chi connectivity index (χ3v) is 2.99. The predicted molar refractivity (Wildman–Crippen MR) is 76.8 cm³/mol. The van der Waals surface area contributed by atoms with E-state index in [9.17, 15) is 10.1 Å². The molecule has 1 aromatic heterocycles. The SMILES string of the molecule is COc1nn(/C=C\c2ccc(Cl)cc2)c(C)c1[N+](=O)[O-]. The molecule has 0 amide bonds. The first kappa shape index (κ1) is 14.1. The number of nitro groups is 1. The van der Waals surface area contributed by atoms with Crippen LogP contribution in [0.3, 0.4) is 0 Å². The highest BCUT2D eigenvalue weighted by atomic mass is 35.5. The number of methoxy groups -OCH3 is 1. The number of hydrogen-bond donors (Lipinski definition) is 0. The van der Waals surface area contributed by atoms with Gasteiger partial charge >= 0.3 is 11.6 Å². The van der Waals surface area contributed by atoms with Gasteiger partial charge in [0.15, 0.2) is 0 Å². The molecule has 20 heavy (non-hydrogen) atoms.